The van der Waals surface area contributed by atoms with Gasteiger partial charge in [-0.15, -0.1) is 0 Å². The Bertz CT molecular complexity index is 1620. The normalized spacial score (nSPS) is 11.3. The fraction of sp³-hybridized carbons (Fsp3) is 0.0769. The molecule has 9 heteroatoms. The van der Waals surface area contributed by atoms with Gasteiger partial charge in [-0.3, -0.25) is 4.79 Å². The highest BCUT2D eigenvalue weighted by atomic mass is 16.5. The molecule has 9 nitrogen and oxygen atoms in total. The average molecular weight is 469 g/mol. The third kappa shape index (κ3) is 4.34. The van der Waals surface area contributed by atoms with Gasteiger partial charge in [0, 0.05) is 5.39 Å². The quantitative estimate of drug-likeness (QED) is 0.356. The van der Waals surface area contributed by atoms with Crippen LogP contribution in [-0.2, 0) is 4.79 Å². The predicted molar refractivity (Wildman–Crippen MR) is 130 cm³/mol. The van der Waals surface area contributed by atoms with Gasteiger partial charge in [0.2, 0.25) is 5.82 Å². The molecule has 0 saturated carbocycles. The van der Waals surface area contributed by atoms with Crippen LogP contribution in [0, 0.1) is 0 Å². The van der Waals surface area contributed by atoms with Crippen LogP contribution >= 0.6 is 0 Å². The van der Waals surface area contributed by atoms with Gasteiger partial charge in [-0.05, 0) is 48.0 Å². The second-order valence-electron chi connectivity index (χ2n) is 7.56. The number of carboxylic acids is 1. The number of hydrogen-bond donors (Lipinski definition) is 1. The summed E-state index contributed by atoms with van der Waals surface area (Å²) in [6, 6.07) is 21.2. The SMILES string of the molecule is COc1cc(C=Nn2c(-c3cc4ccccc4o3)nc3ccccc3c2=O)ccc1OCC(=O)O. The maximum Gasteiger partial charge on any atom is 0.341 e. The zero-order valence-corrected chi connectivity index (χ0v) is 18.5. The Hall–Kier alpha value is -4.92. The van der Waals surface area contributed by atoms with E-state index in [2.05, 4.69) is 10.1 Å². The van der Waals surface area contributed by atoms with Crippen LogP contribution in [0.4, 0.5) is 0 Å². The zero-order valence-electron chi connectivity index (χ0n) is 18.5. The summed E-state index contributed by atoms with van der Waals surface area (Å²) in [5.74, 6) is 0.172. The molecule has 0 saturated heterocycles. The number of hydrogen-bond acceptors (Lipinski definition) is 7. The fourth-order valence-electron chi connectivity index (χ4n) is 3.63. The summed E-state index contributed by atoms with van der Waals surface area (Å²) in [5, 5.41) is 14.5. The lowest BCUT2D eigenvalue weighted by Crippen LogP contribution is -2.20. The number of methoxy groups -OCH3 is 1. The minimum absolute atomic E-state index is 0.259. The molecule has 2 heterocycles. The van der Waals surface area contributed by atoms with Crippen LogP contribution in [0.15, 0.2) is 87.1 Å². The Kier molecular flexibility index (Phi) is 5.72. The topological polar surface area (TPSA) is 116 Å². The number of carboxylic acid groups (broad SMARTS) is 1. The third-order valence-corrected chi connectivity index (χ3v) is 5.26. The lowest BCUT2D eigenvalue weighted by molar-refractivity contribution is -0.139. The molecular formula is C26H19N3O6. The van der Waals surface area contributed by atoms with E-state index in [-0.39, 0.29) is 17.1 Å². The van der Waals surface area contributed by atoms with E-state index < -0.39 is 12.6 Å². The number of aliphatic carboxylic acids is 1. The van der Waals surface area contributed by atoms with Crippen LogP contribution in [0.3, 0.4) is 0 Å². The lowest BCUT2D eigenvalue weighted by atomic mass is 10.2. The minimum atomic E-state index is -1.10. The van der Waals surface area contributed by atoms with Crippen molar-refractivity contribution in [3.8, 4) is 23.1 Å². The van der Waals surface area contributed by atoms with E-state index >= 15 is 0 Å². The number of rotatable bonds is 7. The smallest absolute Gasteiger partial charge is 0.341 e. The van der Waals surface area contributed by atoms with E-state index in [4.69, 9.17) is 19.0 Å². The number of benzene rings is 3. The van der Waals surface area contributed by atoms with Crippen LogP contribution in [0.1, 0.15) is 5.56 Å². The number of para-hydroxylation sites is 2. The van der Waals surface area contributed by atoms with E-state index in [0.29, 0.717) is 33.6 Å². The van der Waals surface area contributed by atoms with E-state index in [1.165, 1.54) is 18.0 Å². The van der Waals surface area contributed by atoms with Crippen molar-refractivity contribution in [1.82, 2.24) is 9.66 Å². The first-order valence-corrected chi connectivity index (χ1v) is 10.6. The Balaban J connectivity index is 1.60. The van der Waals surface area contributed by atoms with Crippen LogP contribution < -0.4 is 15.0 Å². The molecule has 5 aromatic rings. The van der Waals surface area contributed by atoms with Gasteiger partial charge in [-0.2, -0.15) is 9.78 Å². The van der Waals surface area contributed by atoms with Gasteiger partial charge in [0.25, 0.3) is 5.56 Å². The van der Waals surface area contributed by atoms with Gasteiger partial charge < -0.3 is 19.0 Å². The number of aromatic nitrogens is 2. The molecule has 0 atom stereocenters. The highest BCUT2D eigenvalue weighted by molar-refractivity contribution is 5.85. The molecule has 0 aliphatic carbocycles. The molecule has 35 heavy (non-hydrogen) atoms. The van der Waals surface area contributed by atoms with Gasteiger partial charge in [-0.1, -0.05) is 30.3 Å². The Morgan fingerprint density at radius 1 is 1.09 bits per heavy atom. The molecule has 0 aliphatic heterocycles. The van der Waals surface area contributed by atoms with Gasteiger partial charge in [0.1, 0.15) is 5.58 Å². The highest BCUT2D eigenvalue weighted by Gasteiger charge is 2.16. The summed E-state index contributed by atoms with van der Waals surface area (Å²) < 4.78 is 17.7. The van der Waals surface area contributed by atoms with Crippen molar-refractivity contribution >= 4 is 34.1 Å². The first kappa shape index (κ1) is 21.9. The number of carbonyl (C=O) groups is 1. The molecule has 174 valence electrons. The number of furan rings is 1. The van der Waals surface area contributed by atoms with Crippen LogP contribution in [-0.4, -0.2) is 40.7 Å². The summed E-state index contributed by atoms with van der Waals surface area (Å²) in [4.78, 5) is 28.8. The highest BCUT2D eigenvalue weighted by Crippen LogP contribution is 2.29. The van der Waals surface area contributed by atoms with Crippen molar-refractivity contribution < 1.29 is 23.8 Å². The summed E-state index contributed by atoms with van der Waals surface area (Å²) in [6.45, 7) is -0.497. The minimum Gasteiger partial charge on any atom is -0.493 e. The van der Waals surface area contributed by atoms with Crippen LogP contribution in [0.2, 0.25) is 0 Å². The molecule has 1 N–H and O–H groups in total. The summed E-state index contributed by atoms with van der Waals surface area (Å²) in [5.41, 5.74) is 1.44. The molecule has 0 fully saturated rings. The number of ether oxygens (including phenoxy) is 2. The Labute approximate surface area is 198 Å². The van der Waals surface area contributed by atoms with Gasteiger partial charge in [0.05, 0.1) is 24.2 Å². The zero-order chi connectivity index (χ0) is 24.4. The maximum atomic E-state index is 13.4. The molecule has 0 radical (unpaired) electrons. The Morgan fingerprint density at radius 2 is 1.89 bits per heavy atom. The second-order valence-corrected chi connectivity index (χ2v) is 7.56. The molecular weight excluding hydrogens is 450 g/mol. The van der Waals surface area contributed by atoms with Crippen molar-refractivity contribution in [2.75, 3.05) is 13.7 Å². The third-order valence-electron chi connectivity index (χ3n) is 5.26. The number of nitrogens with zero attached hydrogens (tertiary/aromatic N) is 3. The molecule has 0 aliphatic rings. The molecule has 3 aromatic carbocycles. The largest absolute Gasteiger partial charge is 0.493 e. The first-order valence-electron chi connectivity index (χ1n) is 10.6. The van der Waals surface area contributed by atoms with Crippen LogP contribution in [0.25, 0.3) is 33.5 Å². The van der Waals surface area contributed by atoms with E-state index in [0.717, 1.165) is 5.39 Å². The van der Waals surface area contributed by atoms with Crippen molar-refractivity contribution in [2.24, 2.45) is 5.10 Å². The standard InChI is InChI=1S/C26H19N3O6/c1-33-22-12-16(10-11-21(22)34-15-24(30)31)14-27-29-25(23-13-17-6-2-5-9-20(17)35-23)28-19-8-4-3-7-18(19)26(29)32/h2-14H,15H2,1H3,(H,30,31). The van der Waals surface area contributed by atoms with Crippen molar-refractivity contribution in [1.29, 1.82) is 0 Å². The predicted octanol–water partition coefficient (Wildman–Crippen LogP) is 4.16. The van der Waals surface area contributed by atoms with Gasteiger partial charge in [-0.25, -0.2) is 9.78 Å². The molecule has 2 aromatic heterocycles. The van der Waals surface area contributed by atoms with E-state index in [1.54, 1.807) is 36.4 Å². The fourth-order valence-corrected chi connectivity index (χ4v) is 3.63. The monoisotopic (exact) mass is 469 g/mol. The lowest BCUT2D eigenvalue weighted by Gasteiger charge is -2.10. The summed E-state index contributed by atoms with van der Waals surface area (Å²) >= 11 is 0. The maximum absolute atomic E-state index is 13.4. The van der Waals surface area contributed by atoms with Crippen molar-refractivity contribution in [3.63, 3.8) is 0 Å². The van der Waals surface area contributed by atoms with Crippen molar-refractivity contribution in [3.05, 3.63) is 88.7 Å². The molecule has 0 spiro atoms. The van der Waals surface area contributed by atoms with E-state index in [1.807, 2.05) is 36.4 Å². The van der Waals surface area contributed by atoms with Gasteiger partial charge in [0.15, 0.2) is 23.9 Å². The van der Waals surface area contributed by atoms with Crippen molar-refractivity contribution in [2.45, 2.75) is 0 Å². The summed E-state index contributed by atoms with van der Waals surface area (Å²) in [6.07, 6.45) is 1.48. The first-order chi connectivity index (χ1) is 17.0. The second kappa shape index (κ2) is 9.14. The van der Waals surface area contributed by atoms with Gasteiger partial charge >= 0.3 is 5.97 Å². The molecule has 0 amide bonds. The van der Waals surface area contributed by atoms with Crippen LogP contribution in [0.5, 0.6) is 11.5 Å². The molecule has 0 unspecified atom stereocenters. The van der Waals surface area contributed by atoms with E-state index in [9.17, 15) is 9.59 Å². The average Bonchev–Trinajstić information content (AvgIpc) is 3.31. The Morgan fingerprint density at radius 3 is 2.69 bits per heavy atom. The number of fused-ring (bicyclic) bond motifs is 2. The molecule has 5 rings (SSSR count). The molecule has 0 bridgehead atoms. The summed E-state index contributed by atoms with van der Waals surface area (Å²) in [7, 11) is 1.45.